The maximum atomic E-state index is 9.93. The van der Waals surface area contributed by atoms with Crippen molar-refractivity contribution in [2.45, 2.75) is 0 Å². The summed E-state index contributed by atoms with van der Waals surface area (Å²) in [5, 5.41) is 0. The van der Waals surface area contributed by atoms with Crippen LogP contribution in [0.15, 0.2) is 12.8 Å². The first-order valence-electron chi connectivity index (χ1n) is 1.53. The van der Waals surface area contributed by atoms with Gasteiger partial charge in [0.25, 0.3) is 0 Å². The number of carbonyl (C=O) groups is 1. The number of amides is 1. The molecule has 0 aliphatic carbocycles. The Balaban J connectivity index is 3.17. The van der Waals surface area contributed by atoms with Crippen molar-refractivity contribution in [3.63, 3.8) is 0 Å². The van der Waals surface area contributed by atoms with E-state index >= 15 is 0 Å². The van der Waals surface area contributed by atoms with E-state index in [4.69, 9.17) is 0 Å². The number of rotatable bonds is 1. The fourth-order valence-electron chi connectivity index (χ4n) is 0.102. The van der Waals surface area contributed by atoms with Gasteiger partial charge >= 0.3 is 6.09 Å². The van der Waals surface area contributed by atoms with Gasteiger partial charge in [0, 0.05) is 0 Å². The smallest absolute Gasteiger partial charge is 0.418 e. The van der Waals surface area contributed by atoms with Gasteiger partial charge in [0.2, 0.25) is 0 Å². The molecule has 3 nitrogen and oxygen atoms in total. The van der Waals surface area contributed by atoms with Crippen molar-refractivity contribution in [3.05, 3.63) is 12.8 Å². The molecule has 4 heteroatoms. The van der Waals surface area contributed by atoms with Crippen LogP contribution in [-0.4, -0.2) is 6.09 Å². The Kier molecular flexibility index (Phi) is 3.22. The standard InChI is InChI=1S/C3H5NO2S/c1-2-6-3(5)4-7/h2,7H,1H2,(H,4,5). The molecular weight excluding hydrogens is 114 g/mol. The van der Waals surface area contributed by atoms with Gasteiger partial charge in [0.1, 0.15) is 0 Å². The first-order valence-corrected chi connectivity index (χ1v) is 1.97. The molecule has 0 spiro atoms. The molecule has 0 fully saturated rings. The number of hydrogen-bond acceptors (Lipinski definition) is 3. The summed E-state index contributed by atoms with van der Waals surface area (Å²) in [7, 11) is 0. The number of thiol groups is 1. The van der Waals surface area contributed by atoms with Crippen LogP contribution in [0.1, 0.15) is 0 Å². The minimum absolute atomic E-state index is 0.627. The molecule has 1 amide bonds. The van der Waals surface area contributed by atoms with E-state index in [9.17, 15) is 4.79 Å². The molecular formula is C3H5NO2S. The predicted octanol–water partition coefficient (Wildman–Crippen LogP) is 0.701. The van der Waals surface area contributed by atoms with Crippen LogP contribution >= 0.6 is 12.8 Å². The summed E-state index contributed by atoms with van der Waals surface area (Å²) in [5.41, 5.74) is 0. The zero-order valence-electron chi connectivity index (χ0n) is 3.55. The maximum absolute atomic E-state index is 9.93. The molecule has 0 saturated heterocycles. The Morgan fingerprint density at radius 1 is 2.00 bits per heavy atom. The summed E-state index contributed by atoms with van der Waals surface area (Å²) in [5.74, 6) is 0. The SMILES string of the molecule is C=COC(=O)NS. The number of nitrogens with one attached hydrogen (secondary N) is 1. The molecule has 0 atom stereocenters. The van der Waals surface area contributed by atoms with Crippen molar-refractivity contribution in [1.82, 2.24) is 4.72 Å². The molecule has 40 valence electrons. The van der Waals surface area contributed by atoms with Crippen molar-refractivity contribution >= 4 is 18.9 Å². The quantitative estimate of drug-likeness (QED) is 0.394. The highest BCUT2D eigenvalue weighted by Gasteiger charge is 1.88. The molecule has 0 aromatic carbocycles. The first-order chi connectivity index (χ1) is 3.31. The maximum Gasteiger partial charge on any atom is 0.421 e. The minimum atomic E-state index is -0.627. The van der Waals surface area contributed by atoms with E-state index in [1.54, 1.807) is 0 Å². The Hall–Kier alpha value is -0.640. The third kappa shape index (κ3) is 3.18. The topological polar surface area (TPSA) is 38.3 Å². The van der Waals surface area contributed by atoms with Crippen LogP contribution in [0, 0.1) is 0 Å². The number of hydrogen-bond donors (Lipinski definition) is 2. The highest BCUT2D eigenvalue weighted by Crippen LogP contribution is 1.75. The van der Waals surface area contributed by atoms with Crippen molar-refractivity contribution in [1.29, 1.82) is 0 Å². The lowest BCUT2D eigenvalue weighted by Gasteiger charge is -1.90. The van der Waals surface area contributed by atoms with Gasteiger partial charge in [0.05, 0.1) is 6.26 Å². The van der Waals surface area contributed by atoms with Gasteiger partial charge < -0.3 is 4.74 Å². The van der Waals surface area contributed by atoms with Crippen LogP contribution in [0.5, 0.6) is 0 Å². The third-order valence-electron chi connectivity index (χ3n) is 0.282. The van der Waals surface area contributed by atoms with Gasteiger partial charge in [-0.3, -0.25) is 4.72 Å². The van der Waals surface area contributed by atoms with E-state index in [0.29, 0.717) is 0 Å². The van der Waals surface area contributed by atoms with Gasteiger partial charge in [-0.15, -0.1) is 0 Å². The Morgan fingerprint density at radius 3 is 2.71 bits per heavy atom. The van der Waals surface area contributed by atoms with E-state index in [-0.39, 0.29) is 0 Å². The second-order valence-electron chi connectivity index (χ2n) is 0.684. The monoisotopic (exact) mass is 119 g/mol. The van der Waals surface area contributed by atoms with Gasteiger partial charge in [-0.1, -0.05) is 19.4 Å². The molecule has 0 heterocycles. The lowest BCUT2D eigenvalue weighted by molar-refractivity contribution is 0.193. The molecule has 1 N–H and O–H groups in total. The molecule has 7 heavy (non-hydrogen) atoms. The van der Waals surface area contributed by atoms with Gasteiger partial charge in [-0.25, -0.2) is 4.79 Å². The molecule has 0 aromatic rings. The van der Waals surface area contributed by atoms with Crippen molar-refractivity contribution in [2.75, 3.05) is 0 Å². The fourth-order valence-corrected chi connectivity index (χ4v) is 0.155. The van der Waals surface area contributed by atoms with Crippen molar-refractivity contribution in [2.24, 2.45) is 0 Å². The van der Waals surface area contributed by atoms with E-state index in [2.05, 4.69) is 24.1 Å². The van der Waals surface area contributed by atoms with E-state index < -0.39 is 6.09 Å². The molecule has 0 unspecified atom stereocenters. The number of ether oxygens (including phenoxy) is 1. The van der Waals surface area contributed by atoms with Crippen LogP contribution in [0.25, 0.3) is 0 Å². The van der Waals surface area contributed by atoms with Crippen LogP contribution in [-0.2, 0) is 4.74 Å². The molecule has 0 saturated carbocycles. The Labute approximate surface area is 46.9 Å². The van der Waals surface area contributed by atoms with Crippen LogP contribution in [0.2, 0.25) is 0 Å². The molecule has 0 aliphatic heterocycles. The van der Waals surface area contributed by atoms with E-state index in [1.807, 2.05) is 4.72 Å². The summed E-state index contributed by atoms with van der Waals surface area (Å²) in [6, 6.07) is 0. The lowest BCUT2D eigenvalue weighted by atomic mass is 11.1. The third-order valence-corrected chi connectivity index (χ3v) is 0.464. The normalized spacial score (nSPS) is 7.00. The van der Waals surface area contributed by atoms with Crippen LogP contribution in [0.3, 0.4) is 0 Å². The largest absolute Gasteiger partial charge is 0.421 e. The second kappa shape index (κ2) is 3.55. The summed E-state index contributed by atoms with van der Waals surface area (Å²) in [4.78, 5) is 9.93. The summed E-state index contributed by atoms with van der Waals surface area (Å²) >= 11 is 3.38. The number of carbonyl (C=O) groups excluding carboxylic acids is 1. The Bertz CT molecular complexity index is 83.0. The fraction of sp³-hybridized carbons (Fsp3) is 0. The average molecular weight is 119 g/mol. The summed E-state index contributed by atoms with van der Waals surface area (Å²) < 4.78 is 6.06. The molecule has 0 aromatic heterocycles. The van der Waals surface area contributed by atoms with E-state index in [1.165, 1.54) is 0 Å². The lowest BCUT2D eigenvalue weighted by Crippen LogP contribution is -2.10. The highest BCUT2D eigenvalue weighted by atomic mass is 32.1. The second-order valence-corrected chi connectivity index (χ2v) is 0.907. The molecule has 0 rings (SSSR count). The van der Waals surface area contributed by atoms with Crippen LogP contribution < -0.4 is 4.72 Å². The average Bonchev–Trinajstić information content (AvgIpc) is 1.68. The van der Waals surface area contributed by atoms with Crippen molar-refractivity contribution < 1.29 is 9.53 Å². The van der Waals surface area contributed by atoms with Gasteiger partial charge in [0.15, 0.2) is 0 Å². The molecule has 0 radical (unpaired) electrons. The predicted molar refractivity (Wildman–Crippen MR) is 28.8 cm³/mol. The molecule has 0 aliphatic rings. The minimum Gasteiger partial charge on any atom is -0.418 e. The Morgan fingerprint density at radius 2 is 2.57 bits per heavy atom. The summed E-state index contributed by atoms with van der Waals surface area (Å²) in [6.07, 6.45) is 0.393. The first kappa shape index (κ1) is 6.36. The van der Waals surface area contributed by atoms with Gasteiger partial charge in [-0.05, 0) is 0 Å². The van der Waals surface area contributed by atoms with Crippen molar-refractivity contribution in [3.8, 4) is 0 Å². The van der Waals surface area contributed by atoms with E-state index in [0.717, 1.165) is 6.26 Å². The zero-order valence-corrected chi connectivity index (χ0v) is 4.44. The van der Waals surface area contributed by atoms with Crippen LogP contribution in [0.4, 0.5) is 4.79 Å². The summed E-state index contributed by atoms with van der Waals surface area (Å²) in [6.45, 7) is 3.13. The van der Waals surface area contributed by atoms with Gasteiger partial charge in [-0.2, -0.15) is 0 Å². The zero-order chi connectivity index (χ0) is 5.70. The highest BCUT2D eigenvalue weighted by molar-refractivity contribution is 7.78. The molecule has 0 bridgehead atoms.